The number of hydrogen-bond donors (Lipinski definition) is 1. The molecule has 1 rings (SSSR count). The van der Waals surface area contributed by atoms with Crippen molar-refractivity contribution in [1.82, 2.24) is 9.78 Å². The number of hydrogen-bond acceptors (Lipinski definition) is 2. The largest absolute Gasteiger partial charge is 0.478 e. The monoisotopic (exact) mass is 194 g/mol. The molecule has 0 fully saturated rings. The molecule has 0 bridgehead atoms. The molecule has 1 N–H and O–H groups in total. The molecule has 1 aromatic rings. The highest BCUT2D eigenvalue weighted by Gasteiger charge is 2.11. The van der Waals surface area contributed by atoms with Crippen molar-refractivity contribution in [3.8, 4) is 0 Å². The van der Waals surface area contributed by atoms with Crippen LogP contribution in [0.15, 0.2) is 18.0 Å². The fraction of sp³-hybridized carbons (Fsp3) is 0.400. The average Bonchev–Trinajstić information content (AvgIpc) is 2.52. The van der Waals surface area contributed by atoms with E-state index in [4.69, 9.17) is 5.11 Å². The van der Waals surface area contributed by atoms with Crippen molar-refractivity contribution < 1.29 is 9.90 Å². The number of nitrogens with zero attached hydrogens (tertiary/aromatic N) is 2. The summed E-state index contributed by atoms with van der Waals surface area (Å²) in [5, 5.41) is 12.9. The first kappa shape index (κ1) is 10.5. The summed E-state index contributed by atoms with van der Waals surface area (Å²) in [6.07, 6.45) is 4.01. The van der Waals surface area contributed by atoms with Gasteiger partial charge in [0.05, 0.1) is 6.20 Å². The number of carbonyl (C=O) groups is 1. The second-order valence-corrected chi connectivity index (χ2v) is 3.16. The van der Waals surface area contributed by atoms with E-state index in [0.717, 1.165) is 11.1 Å². The van der Waals surface area contributed by atoms with Gasteiger partial charge in [0.15, 0.2) is 0 Å². The van der Waals surface area contributed by atoms with Crippen LogP contribution in [0.2, 0.25) is 0 Å². The van der Waals surface area contributed by atoms with Crippen LogP contribution in [0.4, 0.5) is 0 Å². The lowest BCUT2D eigenvalue weighted by molar-refractivity contribution is -0.132. The third kappa shape index (κ3) is 2.02. The zero-order chi connectivity index (χ0) is 10.7. The van der Waals surface area contributed by atoms with Crippen LogP contribution in [0.3, 0.4) is 0 Å². The summed E-state index contributed by atoms with van der Waals surface area (Å²) in [5.41, 5.74) is 2.10. The summed E-state index contributed by atoms with van der Waals surface area (Å²) in [7, 11) is 1.81. The number of aliphatic carboxylic acids is 1. The van der Waals surface area contributed by atoms with Crippen LogP contribution < -0.4 is 0 Å². The summed E-state index contributed by atoms with van der Waals surface area (Å²) in [6, 6.07) is 0. The topological polar surface area (TPSA) is 55.1 Å². The first-order chi connectivity index (χ1) is 6.56. The molecule has 4 heteroatoms. The van der Waals surface area contributed by atoms with Crippen molar-refractivity contribution in [2.45, 2.75) is 20.3 Å². The standard InChI is InChI=1S/C10H14N2O2/c1-4-9(10(13)14)7(2)8-5-11-12(3)6-8/h5-6H,4H2,1-3H3,(H,13,14)/b9-7-. The van der Waals surface area contributed by atoms with Gasteiger partial charge in [-0.25, -0.2) is 4.79 Å². The Morgan fingerprint density at radius 3 is 2.64 bits per heavy atom. The molecule has 76 valence electrons. The summed E-state index contributed by atoms with van der Waals surface area (Å²) >= 11 is 0. The molecule has 0 unspecified atom stereocenters. The van der Waals surface area contributed by atoms with Crippen molar-refractivity contribution in [2.75, 3.05) is 0 Å². The summed E-state index contributed by atoms with van der Waals surface area (Å²) in [5.74, 6) is -0.853. The predicted octanol–water partition coefficient (Wildman–Crippen LogP) is 1.69. The minimum absolute atomic E-state index is 0.443. The lowest BCUT2D eigenvalue weighted by Crippen LogP contribution is -2.01. The van der Waals surface area contributed by atoms with E-state index >= 15 is 0 Å². The van der Waals surface area contributed by atoms with E-state index < -0.39 is 5.97 Å². The van der Waals surface area contributed by atoms with Gasteiger partial charge < -0.3 is 5.11 Å². The lowest BCUT2D eigenvalue weighted by Gasteiger charge is -2.03. The molecule has 0 spiro atoms. The van der Waals surface area contributed by atoms with Gasteiger partial charge >= 0.3 is 5.97 Å². The lowest BCUT2D eigenvalue weighted by atomic mass is 10.0. The van der Waals surface area contributed by atoms with Crippen molar-refractivity contribution in [3.05, 3.63) is 23.5 Å². The van der Waals surface area contributed by atoms with Crippen LogP contribution in [0.25, 0.3) is 5.57 Å². The van der Waals surface area contributed by atoms with E-state index in [1.54, 1.807) is 10.9 Å². The van der Waals surface area contributed by atoms with E-state index in [9.17, 15) is 4.79 Å². The Bertz CT molecular complexity index is 377. The van der Waals surface area contributed by atoms with E-state index in [0.29, 0.717) is 12.0 Å². The molecule has 4 nitrogen and oxygen atoms in total. The predicted molar refractivity (Wildman–Crippen MR) is 53.7 cm³/mol. The van der Waals surface area contributed by atoms with Crippen LogP contribution in [0, 0.1) is 0 Å². The van der Waals surface area contributed by atoms with Crippen LogP contribution in [0.1, 0.15) is 25.8 Å². The van der Waals surface area contributed by atoms with Crippen LogP contribution >= 0.6 is 0 Å². The van der Waals surface area contributed by atoms with Gasteiger partial charge in [0, 0.05) is 24.4 Å². The highest BCUT2D eigenvalue weighted by atomic mass is 16.4. The Balaban J connectivity index is 3.13. The number of aromatic nitrogens is 2. The fourth-order valence-electron chi connectivity index (χ4n) is 1.37. The van der Waals surface area contributed by atoms with Crippen molar-refractivity contribution in [3.63, 3.8) is 0 Å². The Kier molecular flexibility index (Phi) is 3.06. The molecule has 0 saturated carbocycles. The van der Waals surface area contributed by atoms with Crippen LogP contribution in [0.5, 0.6) is 0 Å². The zero-order valence-corrected chi connectivity index (χ0v) is 8.61. The molecular formula is C10H14N2O2. The zero-order valence-electron chi connectivity index (χ0n) is 8.61. The van der Waals surface area contributed by atoms with Gasteiger partial charge in [-0.05, 0) is 18.9 Å². The van der Waals surface area contributed by atoms with Gasteiger partial charge in [-0.3, -0.25) is 4.68 Å². The highest BCUT2D eigenvalue weighted by molar-refractivity contribution is 5.95. The number of carboxylic acids is 1. The number of rotatable bonds is 3. The van der Waals surface area contributed by atoms with Gasteiger partial charge in [0.1, 0.15) is 0 Å². The third-order valence-corrected chi connectivity index (χ3v) is 2.20. The quantitative estimate of drug-likeness (QED) is 0.745. The Morgan fingerprint density at radius 2 is 2.29 bits per heavy atom. The second kappa shape index (κ2) is 4.09. The molecule has 0 atom stereocenters. The Labute approximate surface area is 82.9 Å². The van der Waals surface area contributed by atoms with Gasteiger partial charge in [-0.2, -0.15) is 5.10 Å². The SMILES string of the molecule is CC/C(C(=O)O)=C(\C)c1cnn(C)c1. The van der Waals surface area contributed by atoms with Gasteiger partial charge in [-0.1, -0.05) is 6.92 Å². The number of allylic oxidation sites excluding steroid dienone is 1. The van der Waals surface area contributed by atoms with Crippen molar-refractivity contribution in [2.24, 2.45) is 7.05 Å². The van der Waals surface area contributed by atoms with Gasteiger partial charge in [0.25, 0.3) is 0 Å². The summed E-state index contributed by atoms with van der Waals surface area (Å²) < 4.78 is 1.66. The van der Waals surface area contributed by atoms with Crippen LogP contribution in [-0.4, -0.2) is 20.9 Å². The molecular weight excluding hydrogens is 180 g/mol. The third-order valence-electron chi connectivity index (χ3n) is 2.20. The summed E-state index contributed by atoms with van der Waals surface area (Å²) in [4.78, 5) is 10.9. The number of aryl methyl sites for hydroxylation is 1. The van der Waals surface area contributed by atoms with Gasteiger partial charge in [0.2, 0.25) is 0 Å². The maximum absolute atomic E-state index is 10.9. The second-order valence-electron chi connectivity index (χ2n) is 3.16. The maximum atomic E-state index is 10.9. The minimum atomic E-state index is -0.853. The normalized spacial score (nSPS) is 12.5. The van der Waals surface area contributed by atoms with Crippen molar-refractivity contribution in [1.29, 1.82) is 0 Å². The van der Waals surface area contributed by atoms with Gasteiger partial charge in [-0.15, -0.1) is 0 Å². The van der Waals surface area contributed by atoms with Crippen LogP contribution in [-0.2, 0) is 11.8 Å². The molecule has 1 aromatic heterocycles. The molecule has 14 heavy (non-hydrogen) atoms. The maximum Gasteiger partial charge on any atom is 0.331 e. The first-order valence-electron chi connectivity index (χ1n) is 4.48. The van der Waals surface area contributed by atoms with E-state index in [1.165, 1.54) is 0 Å². The average molecular weight is 194 g/mol. The first-order valence-corrected chi connectivity index (χ1v) is 4.48. The summed E-state index contributed by atoms with van der Waals surface area (Å²) in [6.45, 7) is 3.65. The molecule has 0 aliphatic rings. The number of carboxylic acid groups (broad SMARTS) is 1. The van der Waals surface area contributed by atoms with E-state index in [-0.39, 0.29) is 0 Å². The molecule has 0 amide bonds. The minimum Gasteiger partial charge on any atom is -0.478 e. The van der Waals surface area contributed by atoms with E-state index in [1.807, 2.05) is 27.1 Å². The molecule has 0 aliphatic carbocycles. The van der Waals surface area contributed by atoms with Crippen molar-refractivity contribution >= 4 is 11.5 Å². The molecule has 1 heterocycles. The van der Waals surface area contributed by atoms with E-state index in [2.05, 4.69) is 5.10 Å². The Morgan fingerprint density at radius 1 is 1.64 bits per heavy atom. The highest BCUT2D eigenvalue weighted by Crippen LogP contribution is 2.19. The Hall–Kier alpha value is -1.58. The molecule has 0 saturated heterocycles. The molecule has 0 aliphatic heterocycles. The molecule has 0 radical (unpaired) electrons. The molecule has 0 aromatic carbocycles. The smallest absolute Gasteiger partial charge is 0.331 e. The fourth-order valence-corrected chi connectivity index (χ4v) is 1.37.